The lowest BCUT2D eigenvalue weighted by Crippen LogP contribution is -2.35. The molecule has 0 saturated heterocycles. The van der Waals surface area contributed by atoms with Crippen LogP contribution in [0.4, 0.5) is 0 Å². The molecule has 1 aromatic rings. The molecule has 0 aliphatic carbocycles. The molecule has 2 amide bonds. The fraction of sp³-hybridized carbons (Fsp3) is 0.250. The molecule has 5 nitrogen and oxygen atoms in total. The first-order chi connectivity index (χ1) is 8.93. The molecule has 0 aliphatic heterocycles. The first-order valence-electron chi connectivity index (χ1n) is 5.36. The number of thioether (sulfide) groups is 1. The van der Waals surface area contributed by atoms with E-state index in [1.165, 1.54) is 16.6 Å². The monoisotopic (exact) mass is 298 g/mol. The van der Waals surface area contributed by atoms with Gasteiger partial charge in [-0.25, -0.2) is 0 Å². The van der Waals surface area contributed by atoms with Crippen LogP contribution in [0.3, 0.4) is 0 Å². The molecule has 0 atom stereocenters. The van der Waals surface area contributed by atoms with Gasteiger partial charge in [-0.05, 0) is 19.1 Å². The van der Waals surface area contributed by atoms with Crippen molar-refractivity contribution in [2.75, 3.05) is 13.6 Å². The van der Waals surface area contributed by atoms with Crippen LogP contribution in [0.25, 0.3) is 6.08 Å². The zero-order valence-electron chi connectivity index (χ0n) is 10.6. The summed E-state index contributed by atoms with van der Waals surface area (Å²) >= 11 is 5.84. The maximum absolute atomic E-state index is 12.1. The van der Waals surface area contributed by atoms with Crippen LogP contribution in [-0.2, 0) is 9.59 Å². The Labute approximate surface area is 120 Å². The van der Waals surface area contributed by atoms with E-state index in [2.05, 4.69) is 0 Å². The molecule has 0 saturated carbocycles. The second kappa shape index (κ2) is 7.10. The van der Waals surface area contributed by atoms with Crippen LogP contribution in [0.1, 0.15) is 11.5 Å². The molecule has 0 fully saturated rings. The van der Waals surface area contributed by atoms with Crippen molar-refractivity contribution in [2.45, 2.75) is 6.92 Å². The number of furan rings is 1. The molecule has 102 valence electrons. The van der Waals surface area contributed by atoms with E-state index in [0.717, 1.165) is 17.5 Å². The van der Waals surface area contributed by atoms with Gasteiger partial charge in [-0.2, -0.15) is 0 Å². The van der Waals surface area contributed by atoms with Crippen molar-refractivity contribution in [2.24, 2.45) is 5.73 Å². The molecule has 0 radical (unpaired) electrons. The average molecular weight is 298 g/mol. The van der Waals surface area contributed by atoms with E-state index in [0.29, 0.717) is 10.7 Å². The summed E-state index contributed by atoms with van der Waals surface area (Å²) < 4.78 is 6.74. The Balaban J connectivity index is 2.93. The summed E-state index contributed by atoms with van der Waals surface area (Å²) in [7, 11) is 1.50. The zero-order valence-corrected chi connectivity index (χ0v) is 12.2. The maximum Gasteiger partial charge on any atom is 0.260 e. The minimum atomic E-state index is -0.573. The average Bonchev–Trinajstić information content (AvgIpc) is 2.72. The Hall–Kier alpha value is -1.60. The minimum Gasteiger partial charge on any atom is -0.462 e. The second-order valence-corrected chi connectivity index (χ2v) is 5.24. The molecule has 1 heterocycles. The van der Waals surface area contributed by atoms with Gasteiger partial charge in [0.1, 0.15) is 11.5 Å². The summed E-state index contributed by atoms with van der Waals surface area (Å²) in [6.45, 7) is 1.66. The van der Waals surface area contributed by atoms with Crippen LogP contribution in [0.2, 0.25) is 0 Å². The zero-order chi connectivity index (χ0) is 14.4. The van der Waals surface area contributed by atoms with Gasteiger partial charge in [-0.1, -0.05) is 24.0 Å². The number of carbonyl (C=O) groups excluding carboxylic acids is 2. The van der Waals surface area contributed by atoms with Gasteiger partial charge < -0.3 is 15.1 Å². The molecule has 7 heteroatoms. The van der Waals surface area contributed by atoms with Crippen molar-refractivity contribution in [1.82, 2.24) is 4.90 Å². The van der Waals surface area contributed by atoms with Crippen LogP contribution < -0.4 is 5.73 Å². The van der Waals surface area contributed by atoms with Gasteiger partial charge in [0.15, 0.2) is 0 Å². The highest BCUT2D eigenvalue weighted by atomic mass is 32.2. The highest BCUT2D eigenvalue weighted by Gasteiger charge is 2.17. The van der Waals surface area contributed by atoms with Gasteiger partial charge in [0.05, 0.1) is 11.4 Å². The third kappa shape index (κ3) is 4.88. The Morgan fingerprint density at radius 3 is 2.68 bits per heavy atom. The summed E-state index contributed by atoms with van der Waals surface area (Å²) in [5, 5.41) is 0. The molecule has 0 aromatic carbocycles. The van der Waals surface area contributed by atoms with E-state index in [4.69, 9.17) is 22.4 Å². The summed E-state index contributed by atoms with van der Waals surface area (Å²) in [5.74, 6) is 0.393. The predicted octanol–water partition coefficient (Wildman–Crippen LogP) is 1.56. The Bertz CT molecular complexity index is 523. The normalized spacial score (nSPS) is 11.2. The number of rotatable bonds is 6. The SMILES string of the molecule is Cc1ccc(/C=C(/SC=S)C(=O)N(C)CC(N)=O)o1. The number of nitrogens with two attached hydrogens (primary N) is 1. The summed E-state index contributed by atoms with van der Waals surface area (Å²) in [5.41, 5.74) is 5.06. The van der Waals surface area contributed by atoms with Gasteiger partial charge in [-0.15, -0.1) is 0 Å². The van der Waals surface area contributed by atoms with E-state index < -0.39 is 5.91 Å². The number of nitrogens with zero attached hydrogens (tertiary/aromatic N) is 1. The fourth-order valence-electron chi connectivity index (χ4n) is 1.35. The molecule has 0 unspecified atom stereocenters. The number of carbonyl (C=O) groups is 2. The lowest BCUT2D eigenvalue weighted by molar-refractivity contribution is -0.130. The first kappa shape index (κ1) is 15.5. The van der Waals surface area contributed by atoms with E-state index in [1.54, 1.807) is 18.2 Å². The molecule has 19 heavy (non-hydrogen) atoms. The molecule has 2 N–H and O–H groups in total. The van der Waals surface area contributed by atoms with Gasteiger partial charge in [0.2, 0.25) is 5.91 Å². The van der Waals surface area contributed by atoms with Gasteiger partial charge in [-0.3, -0.25) is 9.59 Å². The molecule has 0 aliphatic rings. The van der Waals surface area contributed by atoms with Crippen LogP contribution in [0.5, 0.6) is 0 Å². The number of primary amides is 1. The van der Waals surface area contributed by atoms with Crippen molar-refractivity contribution in [3.63, 3.8) is 0 Å². The van der Waals surface area contributed by atoms with Crippen molar-refractivity contribution >= 4 is 46.6 Å². The standard InChI is InChI=1S/C12H14N2O3S2/c1-8-3-4-9(17-8)5-10(19-7-18)12(16)14(2)6-11(13)15/h3-5,7H,6H2,1-2H3,(H2,13,15)/b10-5+. The van der Waals surface area contributed by atoms with E-state index in [-0.39, 0.29) is 12.5 Å². The van der Waals surface area contributed by atoms with Crippen molar-refractivity contribution < 1.29 is 14.0 Å². The largest absolute Gasteiger partial charge is 0.462 e. The highest BCUT2D eigenvalue weighted by molar-refractivity contribution is 8.24. The number of aryl methyl sites for hydroxylation is 1. The van der Waals surface area contributed by atoms with E-state index in [1.807, 2.05) is 6.92 Å². The number of likely N-dealkylation sites (N-methyl/N-ethyl adjacent to an activating group) is 1. The maximum atomic E-state index is 12.1. The quantitative estimate of drug-likeness (QED) is 0.637. The lowest BCUT2D eigenvalue weighted by atomic mass is 10.3. The van der Waals surface area contributed by atoms with Gasteiger partial charge >= 0.3 is 0 Å². The second-order valence-electron chi connectivity index (χ2n) is 3.80. The highest BCUT2D eigenvalue weighted by Crippen LogP contribution is 2.20. The van der Waals surface area contributed by atoms with Crippen LogP contribution >= 0.6 is 24.0 Å². The number of amides is 2. The topological polar surface area (TPSA) is 76.5 Å². The third-order valence-corrected chi connectivity index (χ3v) is 3.09. The molecule has 1 aromatic heterocycles. The van der Waals surface area contributed by atoms with E-state index in [9.17, 15) is 9.59 Å². The van der Waals surface area contributed by atoms with E-state index >= 15 is 0 Å². The lowest BCUT2D eigenvalue weighted by Gasteiger charge is -2.15. The smallest absolute Gasteiger partial charge is 0.260 e. The Morgan fingerprint density at radius 2 is 2.21 bits per heavy atom. The number of hydrogen-bond donors (Lipinski definition) is 1. The molecule has 0 bridgehead atoms. The van der Waals surface area contributed by atoms with Crippen molar-refractivity contribution in [1.29, 1.82) is 0 Å². The van der Waals surface area contributed by atoms with Crippen molar-refractivity contribution in [3.05, 3.63) is 28.6 Å². The summed E-state index contributed by atoms with van der Waals surface area (Å²) in [6.07, 6.45) is 1.58. The van der Waals surface area contributed by atoms with Crippen molar-refractivity contribution in [3.8, 4) is 0 Å². The molecular weight excluding hydrogens is 284 g/mol. The van der Waals surface area contributed by atoms with Gasteiger partial charge in [0.25, 0.3) is 5.91 Å². The number of hydrogen-bond acceptors (Lipinski definition) is 5. The Kier molecular flexibility index (Phi) is 5.78. The predicted molar refractivity (Wildman–Crippen MR) is 79.5 cm³/mol. The minimum absolute atomic E-state index is 0.147. The first-order valence-corrected chi connectivity index (χ1v) is 6.71. The molecule has 1 rings (SSSR count). The van der Waals surface area contributed by atoms with Crippen LogP contribution in [0.15, 0.2) is 21.5 Å². The summed E-state index contributed by atoms with van der Waals surface area (Å²) in [4.78, 5) is 24.5. The summed E-state index contributed by atoms with van der Waals surface area (Å²) in [6, 6.07) is 3.55. The van der Waals surface area contributed by atoms with Gasteiger partial charge in [0, 0.05) is 17.8 Å². The molecular formula is C12H14N2O3S2. The Morgan fingerprint density at radius 1 is 1.53 bits per heavy atom. The fourth-order valence-corrected chi connectivity index (χ4v) is 2.21. The van der Waals surface area contributed by atoms with Crippen LogP contribution in [0, 0.1) is 6.92 Å². The number of thiocarbonyl (C=S) groups is 1. The third-order valence-electron chi connectivity index (χ3n) is 2.16. The van der Waals surface area contributed by atoms with Crippen LogP contribution in [-0.4, -0.2) is 35.0 Å². The molecule has 0 spiro atoms.